The topological polar surface area (TPSA) is 101 Å². The van der Waals surface area contributed by atoms with Gasteiger partial charge in [0, 0.05) is 42.9 Å². The fourth-order valence-electron chi connectivity index (χ4n) is 4.39. The van der Waals surface area contributed by atoms with E-state index in [-0.39, 0.29) is 11.3 Å². The van der Waals surface area contributed by atoms with Gasteiger partial charge in [0.15, 0.2) is 5.82 Å². The Morgan fingerprint density at radius 3 is 2.71 bits per heavy atom. The highest BCUT2D eigenvalue weighted by molar-refractivity contribution is 7.13. The summed E-state index contributed by atoms with van der Waals surface area (Å²) in [6, 6.07) is 10.1. The first-order chi connectivity index (χ1) is 18.2. The second-order valence-electron chi connectivity index (χ2n) is 10.6. The van der Waals surface area contributed by atoms with E-state index in [0.717, 1.165) is 59.4 Å². The average molecular weight is 531 g/mol. The van der Waals surface area contributed by atoms with Crippen LogP contribution in [-0.2, 0) is 25.0 Å². The van der Waals surface area contributed by atoms with Gasteiger partial charge in [-0.25, -0.2) is 15.0 Å². The van der Waals surface area contributed by atoms with Gasteiger partial charge in [0.25, 0.3) is 5.91 Å². The molecule has 198 valence electrons. The number of aryl methyl sites for hydroxylation is 1. The van der Waals surface area contributed by atoms with Crippen LogP contribution in [-0.4, -0.2) is 48.6 Å². The van der Waals surface area contributed by atoms with Crippen molar-refractivity contribution in [2.75, 3.05) is 18.4 Å². The first-order valence-electron chi connectivity index (χ1n) is 12.9. The van der Waals surface area contributed by atoms with E-state index in [1.54, 1.807) is 12.4 Å². The quantitative estimate of drug-likeness (QED) is 0.350. The predicted octanol–water partition coefficient (Wildman–Crippen LogP) is 4.91. The molecule has 0 fully saturated rings. The monoisotopic (exact) mass is 530 g/mol. The fourth-order valence-corrected chi connectivity index (χ4v) is 5.28. The predicted molar refractivity (Wildman–Crippen MR) is 151 cm³/mol. The number of carbonyl (C=O) groups excluding carboxylic acids is 1. The lowest BCUT2D eigenvalue weighted by molar-refractivity contribution is 0.0954. The fraction of sp³-hybridized carbons (Fsp3) is 0.393. The van der Waals surface area contributed by atoms with Crippen molar-refractivity contribution in [1.82, 2.24) is 34.9 Å². The average Bonchev–Trinajstić information content (AvgIpc) is 3.55. The number of hydrogen-bond donors (Lipinski definition) is 2. The van der Waals surface area contributed by atoms with Crippen molar-refractivity contribution in [1.29, 1.82) is 0 Å². The molecule has 0 atom stereocenters. The number of likely N-dealkylation sites (N-methyl/N-ethyl adjacent to an activating group) is 1. The van der Waals surface area contributed by atoms with Gasteiger partial charge in [0.05, 0.1) is 29.1 Å². The van der Waals surface area contributed by atoms with Gasteiger partial charge >= 0.3 is 0 Å². The van der Waals surface area contributed by atoms with E-state index in [4.69, 9.17) is 4.98 Å². The number of rotatable bonds is 7. The van der Waals surface area contributed by atoms with Crippen molar-refractivity contribution in [3.63, 3.8) is 0 Å². The second-order valence-corrected chi connectivity index (χ2v) is 11.6. The normalized spacial score (nSPS) is 13.8. The number of amides is 1. The van der Waals surface area contributed by atoms with Crippen LogP contribution in [0.15, 0.2) is 42.7 Å². The molecule has 38 heavy (non-hydrogen) atoms. The maximum absolute atomic E-state index is 12.7. The van der Waals surface area contributed by atoms with Crippen molar-refractivity contribution in [2.45, 2.75) is 59.7 Å². The molecule has 1 aromatic carbocycles. The van der Waals surface area contributed by atoms with Crippen molar-refractivity contribution < 1.29 is 4.79 Å². The van der Waals surface area contributed by atoms with E-state index < -0.39 is 0 Å². The molecule has 4 heterocycles. The van der Waals surface area contributed by atoms with E-state index in [9.17, 15) is 4.79 Å². The molecule has 2 N–H and O–H groups in total. The summed E-state index contributed by atoms with van der Waals surface area (Å²) in [6.45, 7) is 14.8. The number of thiazole rings is 1. The largest absolute Gasteiger partial charge is 0.347 e. The molecule has 9 nitrogen and oxygen atoms in total. The molecule has 5 rings (SSSR count). The number of nitrogens with zero attached hydrogens (tertiary/aromatic N) is 6. The van der Waals surface area contributed by atoms with Gasteiger partial charge < -0.3 is 10.6 Å². The van der Waals surface area contributed by atoms with Crippen LogP contribution in [0.25, 0.3) is 11.3 Å². The number of aromatic nitrogens is 5. The minimum Gasteiger partial charge on any atom is -0.347 e. The Morgan fingerprint density at radius 1 is 1.13 bits per heavy atom. The van der Waals surface area contributed by atoms with Gasteiger partial charge in [-0.15, -0.1) is 11.3 Å². The summed E-state index contributed by atoms with van der Waals surface area (Å²) < 4.78 is 2.05. The van der Waals surface area contributed by atoms with Gasteiger partial charge in [0.1, 0.15) is 4.88 Å². The number of fused-ring (bicyclic) bond motifs is 1. The molecule has 1 aliphatic rings. The zero-order valence-corrected chi connectivity index (χ0v) is 23.4. The third-order valence-corrected chi connectivity index (χ3v) is 8.09. The van der Waals surface area contributed by atoms with Crippen LogP contribution in [0.4, 0.5) is 11.8 Å². The van der Waals surface area contributed by atoms with Crippen LogP contribution in [0.3, 0.4) is 0 Å². The standard InChI is InChI=1S/C28H34N8OS/c1-6-35-11-12-36-21(17-35)14-24(34-36)33-27-29-10-9-22(32-27)19-7-8-20(18(2)13-19)15-30-25(37)23-16-31-26(38-23)28(3,4)5/h7-10,13-14,16H,6,11-12,15,17H2,1-5H3,(H,30,37)(H,29,32,33,34). The summed E-state index contributed by atoms with van der Waals surface area (Å²) >= 11 is 1.45. The minimum absolute atomic E-state index is 0.0688. The summed E-state index contributed by atoms with van der Waals surface area (Å²) in [6.07, 6.45) is 3.42. The molecule has 0 saturated heterocycles. The summed E-state index contributed by atoms with van der Waals surface area (Å²) in [5, 5.41) is 11.9. The Balaban J connectivity index is 1.24. The molecule has 0 spiro atoms. The first kappa shape index (κ1) is 26.0. The Kier molecular flexibility index (Phi) is 7.27. The summed E-state index contributed by atoms with van der Waals surface area (Å²) in [4.78, 5) is 29.2. The van der Waals surface area contributed by atoms with Crippen molar-refractivity contribution >= 4 is 29.0 Å². The summed E-state index contributed by atoms with van der Waals surface area (Å²) in [7, 11) is 0. The van der Waals surface area contributed by atoms with Crippen LogP contribution in [0.1, 0.15) is 59.2 Å². The highest BCUT2D eigenvalue weighted by Crippen LogP contribution is 2.27. The molecule has 1 aliphatic heterocycles. The number of anilines is 2. The van der Waals surface area contributed by atoms with E-state index in [1.807, 2.05) is 25.1 Å². The van der Waals surface area contributed by atoms with Crippen molar-refractivity contribution in [3.8, 4) is 11.3 Å². The van der Waals surface area contributed by atoms with Crippen LogP contribution < -0.4 is 10.6 Å². The molecule has 0 unspecified atom stereocenters. The number of benzene rings is 1. The molecule has 10 heteroatoms. The highest BCUT2D eigenvalue weighted by atomic mass is 32.1. The van der Waals surface area contributed by atoms with Gasteiger partial charge in [-0.2, -0.15) is 5.10 Å². The smallest absolute Gasteiger partial charge is 0.263 e. The third kappa shape index (κ3) is 5.76. The lowest BCUT2D eigenvalue weighted by Gasteiger charge is -2.25. The van der Waals surface area contributed by atoms with E-state index in [1.165, 1.54) is 17.0 Å². The Labute approximate surface area is 227 Å². The molecule has 0 radical (unpaired) electrons. The minimum atomic E-state index is -0.101. The Bertz CT molecular complexity index is 1450. The molecular weight excluding hydrogens is 496 g/mol. The lowest BCUT2D eigenvalue weighted by Crippen LogP contribution is -2.33. The van der Waals surface area contributed by atoms with E-state index >= 15 is 0 Å². The Morgan fingerprint density at radius 2 is 1.97 bits per heavy atom. The van der Waals surface area contributed by atoms with Crippen LogP contribution in [0, 0.1) is 6.92 Å². The SMILES string of the molecule is CCN1CCn2nc(Nc3nccc(-c4ccc(CNC(=O)c5cnc(C(C)(C)C)s5)c(C)c4)n3)cc2C1. The molecule has 0 bridgehead atoms. The van der Waals surface area contributed by atoms with E-state index in [2.05, 4.69) is 75.1 Å². The zero-order valence-electron chi connectivity index (χ0n) is 22.6. The second kappa shape index (κ2) is 10.6. The van der Waals surface area contributed by atoms with Gasteiger partial charge in [-0.05, 0) is 36.7 Å². The maximum atomic E-state index is 12.7. The first-order valence-corrected chi connectivity index (χ1v) is 13.7. The molecular formula is C28H34N8OS. The highest BCUT2D eigenvalue weighted by Gasteiger charge is 2.21. The van der Waals surface area contributed by atoms with Crippen LogP contribution in [0.5, 0.6) is 0 Å². The van der Waals surface area contributed by atoms with Crippen LogP contribution >= 0.6 is 11.3 Å². The molecule has 0 saturated carbocycles. The molecule has 1 amide bonds. The van der Waals surface area contributed by atoms with Gasteiger partial charge in [0.2, 0.25) is 5.95 Å². The number of hydrogen-bond acceptors (Lipinski definition) is 8. The van der Waals surface area contributed by atoms with Crippen molar-refractivity contribution in [3.05, 3.63) is 69.4 Å². The summed E-state index contributed by atoms with van der Waals surface area (Å²) in [5.41, 5.74) is 5.07. The number of carbonyl (C=O) groups is 1. The maximum Gasteiger partial charge on any atom is 0.263 e. The van der Waals surface area contributed by atoms with Crippen molar-refractivity contribution in [2.24, 2.45) is 0 Å². The summed E-state index contributed by atoms with van der Waals surface area (Å²) in [5.74, 6) is 1.17. The van der Waals surface area contributed by atoms with Crippen LogP contribution in [0.2, 0.25) is 0 Å². The molecule has 3 aromatic heterocycles. The van der Waals surface area contributed by atoms with Gasteiger partial charge in [-0.1, -0.05) is 39.8 Å². The molecule has 4 aromatic rings. The molecule has 0 aliphatic carbocycles. The lowest BCUT2D eigenvalue weighted by atomic mass is 9.98. The number of nitrogens with one attached hydrogen (secondary N) is 2. The van der Waals surface area contributed by atoms with Gasteiger partial charge in [-0.3, -0.25) is 14.4 Å². The van der Waals surface area contributed by atoms with E-state index in [0.29, 0.717) is 17.4 Å². The third-order valence-electron chi connectivity index (χ3n) is 6.67. The zero-order chi connectivity index (χ0) is 26.9. The Hall–Kier alpha value is -3.63.